The van der Waals surface area contributed by atoms with E-state index in [0.717, 1.165) is 5.56 Å². The number of rotatable bonds is 3. The molecule has 2 aromatic rings. The van der Waals surface area contributed by atoms with Gasteiger partial charge < -0.3 is 10.2 Å². The molecule has 0 aromatic heterocycles. The monoisotopic (exact) mass is 232 g/mol. The number of phenols is 1. The minimum Gasteiger partial charge on any atom is -0.508 e. The Morgan fingerprint density at radius 1 is 0.941 bits per heavy atom. The van der Waals surface area contributed by atoms with Crippen LogP contribution >= 0.6 is 0 Å². The van der Waals surface area contributed by atoms with E-state index < -0.39 is 6.10 Å². The Balaban J connectivity index is 2.08. The molecular weight excluding hydrogens is 219 g/mol. The van der Waals surface area contributed by atoms with Crippen LogP contribution in [0.1, 0.15) is 17.2 Å². The van der Waals surface area contributed by atoms with Crippen LogP contribution in [0.25, 0.3) is 0 Å². The highest BCUT2D eigenvalue weighted by Gasteiger charge is 2.08. The first kappa shape index (κ1) is 11.6. The van der Waals surface area contributed by atoms with Gasteiger partial charge >= 0.3 is 0 Å². The normalized spacial score (nSPS) is 12.4. The summed E-state index contributed by atoms with van der Waals surface area (Å²) in [4.78, 5) is 0. The van der Waals surface area contributed by atoms with Crippen LogP contribution in [-0.2, 0) is 6.42 Å². The van der Waals surface area contributed by atoms with Crippen molar-refractivity contribution in [1.29, 1.82) is 0 Å². The van der Waals surface area contributed by atoms with Crippen LogP contribution in [0.4, 0.5) is 4.39 Å². The summed E-state index contributed by atoms with van der Waals surface area (Å²) in [5.41, 5.74) is 1.60. The van der Waals surface area contributed by atoms with Gasteiger partial charge in [0.15, 0.2) is 0 Å². The lowest BCUT2D eigenvalue weighted by atomic mass is 10.0. The zero-order valence-electron chi connectivity index (χ0n) is 9.18. The van der Waals surface area contributed by atoms with Crippen molar-refractivity contribution in [2.24, 2.45) is 0 Å². The fraction of sp³-hybridized carbons (Fsp3) is 0.143. The molecule has 0 aliphatic rings. The SMILES string of the molecule is Oc1ccc(CC(O)c2ccc(F)cc2)cc1. The second kappa shape index (κ2) is 4.97. The summed E-state index contributed by atoms with van der Waals surface area (Å²) in [6.45, 7) is 0. The van der Waals surface area contributed by atoms with Crippen LogP contribution in [0.3, 0.4) is 0 Å². The summed E-state index contributed by atoms with van der Waals surface area (Å²) in [6, 6.07) is 12.5. The maximum absolute atomic E-state index is 12.7. The molecule has 2 rings (SSSR count). The fourth-order valence-electron chi connectivity index (χ4n) is 1.66. The van der Waals surface area contributed by atoms with Crippen molar-refractivity contribution in [2.45, 2.75) is 12.5 Å². The van der Waals surface area contributed by atoms with E-state index in [9.17, 15) is 9.50 Å². The molecule has 0 heterocycles. The average Bonchev–Trinajstić information content (AvgIpc) is 2.33. The zero-order valence-corrected chi connectivity index (χ0v) is 9.18. The highest BCUT2D eigenvalue weighted by molar-refractivity contribution is 5.28. The maximum Gasteiger partial charge on any atom is 0.123 e. The van der Waals surface area contributed by atoms with Gasteiger partial charge in [0.2, 0.25) is 0 Å². The fourth-order valence-corrected chi connectivity index (χ4v) is 1.66. The standard InChI is InChI=1S/C14H13FO2/c15-12-5-3-11(4-6-12)14(17)9-10-1-7-13(16)8-2-10/h1-8,14,16-17H,9H2. The third-order valence-corrected chi connectivity index (χ3v) is 2.62. The number of aliphatic hydroxyl groups excluding tert-OH is 1. The molecule has 1 atom stereocenters. The second-order valence-electron chi connectivity index (χ2n) is 3.94. The predicted molar refractivity (Wildman–Crippen MR) is 63.2 cm³/mol. The van der Waals surface area contributed by atoms with Gasteiger partial charge in [0.05, 0.1) is 6.10 Å². The van der Waals surface area contributed by atoms with Crippen LogP contribution < -0.4 is 0 Å². The highest BCUT2D eigenvalue weighted by Crippen LogP contribution is 2.20. The second-order valence-corrected chi connectivity index (χ2v) is 3.94. The van der Waals surface area contributed by atoms with Crippen LogP contribution in [0.2, 0.25) is 0 Å². The molecule has 88 valence electrons. The lowest BCUT2D eigenvalue weighted by molar-refractivity contribution is 0.178. The first-order chi connectivity index (χ1) is 8.15. The van der Waals surface area contributed by atoms with Gasteiger partial charge in [-0.15, -0.1) is 0 Å². The van der Waals surface area contributed by atoms with Gasteiger partial charge in [0.1, 0.15) is 11.6 Å². The van der Waals surface area contributed by atoms with Crippen molar-refractivity contribution in [1.82, 2.24) is 0 Å². The maximum atomic E-state index is 12.7. The molecule has 0 bridgehead atoms. The van der Waals surface area contributed by atoms with E-state index >= 15 is 0 Å². The molecule has 1 unspecified atom stereocenters. The minimum atomic E-state index is -0.667. The van der Waals surface area contributed by atoms with Crippen molar-refractivity contribution in [3.63, 3.8) is 0 Å². The summed E-state index contributed by atoms with van der Waals surface area (Å²) in [5, 5.41) is 19.1. The number of phenolic OH excluding ortho intramolecular Hbond substituents is 1. The molecule has 2 N–H and O–H groups in total. The van der Waals surface area contributed by atoms with Gasteiger partial charge in [-0.1, -0.05) is 24.3 Å². The summed E-state index contributed by atoms with van der Waals surface area (Å²) in [7, 11) is 0. The smallest absolute Gasteiger partial charge is 0.123 e. The molecule has 0 saturated heterocycles. The van der Waals surface area contributed by atoms with Crippen LogP contribution in [0.15, 0.2) is 48.5 Å². The number of aromatic hydroxyl groups is 1. The van der Waals surface area contributed by atoms with Crippen LogP contribution in [-0.4, -0.2) is 10.2 Å². The van der Waals surface area contributed by atoms with E-state index in [2.05, 4.69) is 0 Å². The Morgan fingerprint density at radius 2 is 1.53 bits per heavy atom. The summed E-state index contributed by atoms with van der Waals surface area (Å²) in [6.07, 6.45) is -0.230. The van der Waals surface area contributed by atoms with E-state index in [0.29, 0.717) is 12.0 Å². The van der Waals surface area contributed by atoms with E-state index in [1.165, 1.54) is 12.1 Å². The molecule has 0 amide bonds. The first-order valence-electron chi connectivity index (χ1n) is 5.36. The van der Waals surface area contributed by atoms with Gasteiger partial charge in [0, 0.05) is 6.42 Å². The third-order valence-electron chi connectivity index (χ3n) is 2.62. The lowest BCUT2D eigenvalue weighted by Crippen LogP contribution is -2.01. The number of hydrogen-bond acceptors (Lipinski definition) is 2. The highest BCUT2D eigenvalue weighted by atomic mass is 19.1. The summed E-state index contributed by atoms with van der Waals surface area (Å²) < 4.78 is 12.7. The third kappa shape index (κ3) is 3.04. The topological polar surface area (TPSA) is 40.5 Å². The van der Waals surface area contributed by atoms with Crippen LogP contribution in [0.5, 0.6) is 5.75 Å². The van der Waals surface area contributed by atoms with Crippen molar-refractivity contribution in [3.8, 4) is 5.75 Å². The van der Waals surface area contributed by atoms with E-state index in [1.54, 1.807) is 36.4 Å². The molecule has 0 fully saturated rings. The molecule has 17 heavy (non-hydrogen) atoms. The van der Waals surface area contributed by atoms with Crippen LogP contribution in [0, 0.1) is 5.82 Å². The van der Waals surface area contributed by atoms with Crippen molar-refractivity contribution in [3.05, 3.63) is 65.5 Å². The number of benzene rings is 2. The average molecular weight is 232 g/mol. The van der Waals surface area contributed by atoms with E-state index in [-0.39, 0.29) is 11.6 Å². The zero-order chi connectivity index (χ0) is 12.3. The molecule has 0 aliphatic carbocycles. The Bertz CT molecular complexity index is 477. The van der Waals surface area contributed by atoms with Gasteiger partial charge in [-0.3, -0.25) is 0 Å². The first-order valence-corrected chi connectivity index (χ1v) is 5.36. The van der Waals surface area contributed by atoms with Gasteiger partial charge in [-0.25, -0.2) is 4.39 Å². The summed E-state index contributed by atoms with van der Waals surface area (Å²) in [5.74, 6) is -0.115. The largest absolute Gasteiger partial charge is 0.508 e. The molecular formula is C14H13FO2. The molecule has 0 saturated carbocycles. The number of halogens is 1. The molecule has 0 aliphatic heterocycles. The summed E-state index contributed by atoms with van der Waals surface area (Å²) >= 11 is 0. The van der Waals surface area contributed by atoms with Gasteiger partial charge in [0.25, 0.3) is 0 Å². The van der Waals surface area contributed by atoms with Crippen molar-refractivity contribution in [2.75, 3.05) is 0 Å². The van der Waals surface area contributed by atoms with E-state index in [1.807, 2.05) is 0 Å². The predicted octanol–water partition coefficient (Wildman–Crippen LogP) is 2.81. The molecule has 3 heteroatoms. The number of hydrogen-bond donors (Lipinski definition) is 2. The molecule has 0 spiro atoms. The lowest BCUT2D eigenvalue weighted by Gasteiger charge is -2.11. The van der Waals surface area contributed by atoms with Crippen molar-refractivity contribution >= 4 is 0 Å². The minimum absolute atomic E-state index is 0.199. The Kier molecular flexibility index (Phi) is 3.40. The quantitative estimate of drug-likeness (QED) is 0.854. The van der Waals surface area contributed by atoms with Gasteiger partial charge in [-0.05, 0) is 35.4 Å². The molecule has 2 aromatic carbocycles. The Morgan fingerprint density at radius 3 is 2.12 bits per heavy atom. The molecule has 2 nitrogen and oxygen atoms in total. The van der Waals surface area contributed by atoms with E-state index in [4.69, 9.17) is 5.11 Å². The Hall–Kier alpha value is -1.87. The molecule has 0 radical (unpaired) electrons. The van der Waals surface area contributed by atoms with Crippen molar-refractivity contribution < 1.29 is 14.6 Å². The van der Waals surface area contributed by atoms with Gasteiger partial charge in [-0.2, -0.15) is 0 Å². The Labute approximate surface area is 99.0 Å². The number of aliphatic hydroxyl groups is 1.